The smallest absolute Gasteiger partial charge is 0.242 e. The van der Waals surface area contributed by atoms with E-state index in [0.29, 0.717) is 12.3 Å². The highest BCUT2D eigenvalue weighted by molar-refractivity contribution is 5.88. The quantitative estimate of drug-likeness (QED) is 0.800. The van der Waals surface area contributed by atoms with Gasteiger partial charge >= 0.3 is 0 Å². The van der Waals surface area contributed by atoms with E-state index in [0.717, 1.165) is 51.3 Å². The molecule has 3 saturated heterocycles. The third kappa shape index (κ3) is 3.87. The number of piperidine rings is 3. The molecule has 0 unspecified atom stereocenters. The first-order valence-electron chi connectivity index (χ1n) is 11.4. The highest BCUT2D eigenvalue weighted by Crippen LogP contribution is 2.41. The van der Waals surface area contributed by atoms with Crippen LogP contribution in [0.4, 0.5) is 0 Å². The number of hydrogen-bond acceptors (Lipinski definition) is 4. The number of nitrogens with one attached hydrogen (secondary N) is 1. The zero-order valence-electron chi connectivity index (χ0n) is 18.1. The number of carbonyl (C=O) groups excluding carboxylic acids is 2. The van der Waals surface area contributed by atoms with Crippen molar-refractivity contribution in [3.63, 3.8) is 0 Å². The maximum Gasteiger partial charge on any atom is 0.242 e. The molecule has 3 aliphatic heterocycles. The average Bonchev–Trinajstić information content (AvgIpc) is 3.21. The molecule has 31 heavy (non-hydrogen) atoms. The molecule has 7 nitrogen and oxygen atoms in total. The number of likely N-dealkylation sites (tertiary alicyclic amines) is 1. The van der Waals surface area contributed by atoms with Crippen molar-refractivity contribution in [2.45, 2.75) is 50.9 Å². The fraction of sp³-hybridized carbons (Fsp3) is 0.542. The SMILES string of the molecule is CNC(=O)[C@H]1[C@H]2C[C@H](CN(Cc3nccn3Cc3ccccc3)C2)[C@@H]2CCCC(=O)N21. The van der Waals surface area contributed by atoms with Crippen molar-refractivity contribution in [2.24, 2.45) is 11.8 Å². The lowest BCUT2D eigenvalue weighted by Crippen LogP contribution is -2.68. The third-order valence-electron chi connectivity index (χ3n) is 7.29. The minimum absolute atomic E-state index is 0.0175. The van der Waals surface area contributed by atoms with Crippen molar-refractivity contribution in [3.05, 3.63) is 54.1 Å². The van der Waals surface area contributed by atoms with Crippen molar-refractivity contribution >= 4 is 11.8 Å². The zero-order valence-corrected chi connectivity index (χ0v) is 18.1. The van der Waals surface area contributed by atoms with Crippen molar-refractivity contribution in [1.29, 1.82) is 0 Å². The first-order valence-corrected chi connectivity index (χ1v) is 11.4. The number of amides is 2. The molecule has 7 heteroatoms. The van der Waals surface area contributed by atoms with Crippen LogP contribution in [0.1, 0.15) is 37.1 Å². The molecule has 0 radical (unpaired) electrons. The fourth-order valence-corrected chi connectivity index (χ4v) is 5.98. The van der Waals surface area contributed by atoms with Gasteiger partial charge in [-0.15, -0.1) is 0 Å². The van der Waals surface area contributed by atoms with E-state index in [1.807, 2.05) is 23.4 Å². The Labute approximate surface area is 183 Å². The second-order valence-electron chi connectivity index (χ2n) is 9.23. The fourth-order valence-electron chi connectivity index (χ4n) is 5.98. The Morgan fingerprint density at radius 1 is 1.16 bits per heavy atom. The average molecular weight is 422 g/mol. The Balaban J connectivity index is 1.35. The third-order valence-corrected chi connectivity index (χ3v) is 7.29. The molecule has 3 aliphatic rings. The van der Waals surface area contributed by atoms with Crippen molar-refractivity contribution in [1.82, 2.24) is 24.7 Å². The largest absolute Gasteiger partial charge is 0.357 e. The normalized spacial score (nSPS) is 28.3. The molecule has 0 spiro atoms. The Morgan fingerprint density at radius 3 is 2.77 bits per heavy atom. The molecule has 1 N–H and O–H groups in total. The molecular weight excluding hydrogens is 390 g/mol. The Hall–Kier alpha value is -2.67. The van der Waals surface area contributed by atoms with Crippen LogP contribution < -0.4 is 5.32 Å². The molecule has 1 aromatic heterocycles. The first-order chi connectivity index (χ1) is 15.1. The minimum Gasteiger partial charge on any atom is -0.357 e. The van der Waals surface area contributed by atoms with Gasteiger partial charge in [-0.25, -0.2) is 4.98 Å². The van der Waals surface area contributed by atoms with Crippen LogP contribution in [-0.2, 0) is 22.7 Å². The van der Waals surface area contributed by atoms with E-state index in [4.69, 9.17) is 0 Å². The molecule has 0 saturated carbocycles. The Bertz CT molecular complexity index is 942. The number of imidazole rings is 1. The van der Waals surface area contributed by atoms with E-state index in [1.165, 1.54) is 5.56 Å². The topological polar surface area (TPSA) is 70.5 Å². The van der Waals surface area contributed by atoms with Gasteiger partial charge in [-0.3, -0.25) is 14.5 Å². The molecule has 164 valence electrons. The highest BCUT2D eigenvalue weighted by atomic mass is 16.2. The van der Waals surface area contributed by atoms with Crippen LogP contribution in [0.2, 0.25) is 0 Å². The van der Waals surface area contributed by atoms with Gasteiger partial charge in [0.15, 0.2) is 0 Å². The van der Waals surface area contributed by atoms with E-state index in [-0.39, 0.29) is 29.8 Å². The molecule has 4 heterocycles. The van der Waals surface area contributed by atoms with Crippen LogP contribution in [0.5, 0.6) is 0 Å². The first kappa shape index (κ1) is 20.2. The van der Waals surface area contributed by atoms with Gasteiger partial charge in [0.2, 0.25) is 11.8 Å². The van der Waals surface area contributed by atoms with Gasteiger partial charge in [0.05, 0.1) is 6.54 Å². The van der Waals surface area contributed by atoms with Gasteiger partial charge in [-0.2, -0.15) is 0 Å². The van der Waals surface area contributed by atoms with E-state index < -0.39 is 0 Å². The molecular formula is C24H31N5O2. The maximum absolute atomic E-state index is 12.8. The molecule has 5 rings (SSSR count). The summed E-state index contributed by atoms with van der Waals surface area (Å²) in [6.07, 6.45) is 7.46. The lowest BCUT2D eigenvalue weighted by molar-refractivity contribution is -0.160. The Morgan fingerprint density at radius 2 is 1.97 bits per heavy atom. The van der Waals surface area contributed by atoms with Gasteiger partial charge in [-0.1, -0.05) is 30.3 Å². The minimum atomic E-state index is -0.342. The van der Waals surface area contributed by atoms with Gasteiger partial charge in [0.25, 0.3) is 0 Å². The molecule has 0 aliphatic carbocycles. The lowest BCUT2D eigenvalue weighted by Gasteiger charge is -2.55. The number of hydrogen-bond donors (Lipinski definition) is 1. The molecule has 3 fully saturated rings. The number of fused-ring (bicyclic) bond motifs is 4. The summed E-state index contributed by atoms with van der Waals surface area (Å²) in [6, 6.07) is 10.3. The molecule has 2 bridgehead atoms. The van der Waals surface area contributed by atoms with Crippen LogP contribution >= 0.6 is 0 Å². The van der Waals surface area contributed by atoms with Gasteiger partial charge in [0.1, 0.15) is 11.9 Å². The van der Waals surface area contributed by atoms with Crippen molar-refractivity contribution in [2.75, 3.05) is 20.1 Å². The number of rotatable bonds is 5. The number of benzene rings is 1. The summed E-state index contributed by atoms with van der Waals surface area (Å²) in [6.45, 7) is 3.36. The monoisotopic (exact) mass is 421 g/mol. The molecule has 1 aromatic carbocycles. The van der Waals surface area contributed by atoms with E-state index in [1.54, 1.807) is 7.05 Å². The standard InChI is InChI=1S/C24H31N5O2/c1-25-24(31)23-19-12-18(20-8-5-9-22(30)29(20)23)14-27(15-19)16-21-26-10-11-28(21)13-17-6-3-2-4-7-17/h2-4,6-7,10-11,18-20,23H,5,8-9,12-16H2,1H3,(H,25,31)/t18-,19+,20+,23-/m1/s1. The van der Waals surface area contributed by atoms with E-state index in [9.17, 15) is 9.59 Å². The van der Waals surface area contributed by atoms with Crippen LogP contribution in [-0.4, -0.2) is 63.4 Å². The van der Waals surface area contributed by atoms with Crippen LogP contribution in [0.3, 0.4) is 0 Å². The summed E-state index contributed by atoms with van der Waals surface area (Å²) in [5.41, 5.74) is 1.26. The lowest BCUT2D eigenvalue weighted by atomic mass is 9.71. The number of likely N-dealkylation sites (N-methyl/N-ethyl adjacent to an activating group) is 1. The number of aromatic nitrogens is 2. The molecule has 2 aromatic rings. The number of nitrogens with zero attached hydrogens (tertiary/aromatic N) is 4. The van der Waals surface area contributed by atoms with Gasteiger partial charge < -0.3 is 14.8 Å². The van der Waals surface area contributed by atoms with E-state index in [2.05, 4.69) is 44.0 Å². The summed E-state index contributed by atoms with van der Waals surface area (Å²) in [4.78, 5) is 34.6. The Kier molecular flexibility index (Phi) is 5.52. The zero-order chi connectivity index (χ0) is 21.4. The summed E-state index contributed by atoms with van der Waals surface area (Å²) in [5, 5.41) is 2.82. The summed E-state index contributed by atoms with van der Waals surface area (Å²) in [7, 11) is 1.68. The highest BCUT2D eigenvalue weighted by Gasteiger charge is 2.51. The van der Waals surface area contributed by atoms with E-state index >= 15 is 0 Å². The van der Waals surface area contributed by atoms with Gasteiger partial charge in [-0.05, 0) is 30.7 Å². The van der Waals surface area contributed by atoms with Crippen LogP contribution in [0.25, 0.3) is 0 Å². The second kappa shape index (κ2) is 8.46. The summed E-state index contributed by atoms with van der Waals surface area (Å²) in [5.74, 6) is 1.80. The van der Waals surface area contributed by atoms with Crippen molar-refractivity contribution < 1.29 is 9.59 Å². The van der Waals surface area contributed by atoms with Crippen molar-refractivity contribution in [3.8, 4) is 0 Å². The number of carbonyl (C=O) groups is 2. The maximum atomic E-state index is 12.8. The summed E-state index contributed by atoms with van der Waals surface area (Å²) < 4.78 is 2.21. The summed E-state index contributed by atoms with van der Waals surface area (Å²) >= 11 is 0. The predicted molar refractivity (Wildman–Crippen MR) is 117 cm³/mol. The molecule has 2 amide bonds. The van der Waals surface area contributed by atoms with Crippen LogP contribution in [0.15, 0.2) is 42.7 Å². The van der Waals surface area contributed by atoms with Gasteiger partial charge in [0, 0.05) is 57.5 Å². The second-order valence-corrected chi connectivity index (χ2v) is 9.23. The molecule has 4 atom stereocenters. The predicted octanol–water partition coefficient (Wildman–Crippen LogP) is 1.88. The van der Waals surface area contributed by atoms with Crippen LogP contribution in [0, 0.1) is 11.8 Å².